The minimum Gasteiger partial charge on any atom is -0.493 e. The van der Waals surface area contributed by atoms with Crippen molar-refractivity contribution in [3.8, 4) is 11.5 Å². The number of amides is 2. The van der Waals surface area contributed by atoms with E-state index in [2.05, 4.69) is 0 Å². The number of nitrogens with zero attached hydrogens (tertiary/aromatic N) is 2. The van der Waals surface area contributed by atoms with E-state index in [0.717, 1.165) is 36.4 Å². The molecule has 2 heterocycles. The summed E-state index contributed by atoms with van der Waals surface area (Å²) in [4.78, 5) is 31.9. The number of carbonyl (C=O) groups excluding carboxylic acids is 2. The van der Waals surface area contributed by atoms with E-state index in [4.69, 9.17) is 9.47 Å². The van der Waals surface area contributed by atoms with Gasteiger partial charge in [-0.3, -0.25) is 9.59 Å². The first-order valence-corrected chi connectivity index (χ1v) is 11.7. The number of likely N-dealkylation sites (N-methyl/N-ethyl adjacent to an activating group) is 1. The number of carbonyl (C=O) groups is 2. The molecule has 7 heteroatoms. The van der Waals surface area contributed by atoms with Crippen molar-refractivity contribution >= 4 is 23.6 Å². The maximum absolute atomic E-state index is 13.8. The largest absolute Gasteiger partial charge is 0.493 e. The number of benzene rings is 2. The first kappa shape index (κ1) is 21.6. The average Bonchev–Trinajstić information content (AvgIpc) is 3.35. The van der Waals surface area contributed by atoms with Gasteiger partial charge in [0.25, 0.3) is 5.91 Å². The zero-order valence-corrected chi connectivity index (χ0v) is 19.2. The summed E-state index contributed by atoms with van der Waals surface area (Å²) in [5.41, 5.74) is 2.15. The number of rotatable bonds is 5. The smallest absolute Gasteiger partial charge is 0.254 e. The third-order valence-electron chi connectivity index (χ3n) is 6.32. The van der Waals surface area contributed by atoms with E-state index in [1.165, 1.54) is 0 Å². The summed E-state index contributed by atoms with van der Waals surface area (Å²) >= 11 is 1.66. The van der Waals surface area contributed by atoms with Crippen molar-refractivity contribution in [2.45, 2.75) is 29.7 Å². The molecule has 0 bridgehead atoms. The quantitative estimate of drug-likeness (QED) is 0.659. The number of hydrogen-bond donors (Lipinski definition) is 0. The highest BCUT2D eigenvalue weighted by Crippen LogP contribution is 2.46. The molecule has 1 saturated heterocycles. The minimum absolute atomic E-state index is 0.0595. The van der Waals surface area contributed by atoms with Crippen molar-refractivity contribution in [1.29, 1.82) is 0 Å². The first-order valence-electron chi connectivity index (χ1n) is 10.5. The third-order valence-corrected chi connectivity index (χ3v) is 7.06. The average molecular weight is 441 g/mol. The van der Waals surface area contributed by atoms with E-state index in [1.54, 1.807) is 50.1 Å². The Hall–Kier alpha value is -2.67. The van der Waals surface area contributed by atoms with Gasteiger partial charge in [0, 0.05) is 30.6 Å². The van der Waals surface area contributed by atoms with Gasteiger partial charge in [0.1, 0.15) is 0 Å². The molecule has 1 fully saturated rings. The van der Waals surface area contributed by atoms with Gasteiger partial charge in [-0.15, -0.1) is 11.8 Å². The molecule has 0 aromatic heterocycles. The Kier molecular flexibility index (Phi) is 6.14. The Bertz CT molecular complexity index is 986. The number of ether oxygens (including phenoxy) is 2. The van der Waals surface area contributed by atoms with Gasteiger partial charge >= 0.3 is 0 Å². The Labute approximate surface area is 187 Å². The third kappa shape index (κ3) is 3.76. The molecule has 0 spiro atoms. The fraction of sp³-hybridized carbons (Fsp3) is 0.417. The van der Waals surface area contributed by atoms with Gasteiger partial charge < -0.3 is 19.3 Å². The highest BCUT2D eigenvalue weighted by Gasteiger charge is 2.45. The van der Waals surface area contributed by atoms with Gasteiger partial charge in [0.2, 0.25) is 5.91 Å². The van der Waals surface area contributed by atoms with Gasteiger partial charge in [-0.1, -0.05) is 12.1 Å². The van der Waals surface area contributed by atoms with Crippen LogP contribution in [0.1, 0.15) is 46.3 Å². The predicted molar refractivity (Wildman–Crippen MR) is 121 cm³/mol. The topological polar surface area (TPSA) is 59.1 Å². The molecule has 2 aromatic rings. The molecule has 0 N–H and O–H groups in total. The van der Waals surface area contributed by atoms with Gasteiger partial charge in [-0.2, -0.15) is 0 Å². The highest BCUT2D eigenvalue weighted by atomic mass is 32.2. The summed E-state index contributed by atoms with van der Waals surface area (Å²) in [6, 6.07) is 11.2. The predicted octanol–water partition coefficient (Wildman–Crippen LogP) is 3.96. The standard InChI is InChI=1S/C24H28N2O4S/c1-25-22(15-7-9-16(31-4)10-8-15)21(24(28)26-11-5-6-12-26)17-13-19(29-2)20(30-3)14-18(17)23(25)27/h7-10,13-14,21-22H,5-6,11-12H2,1-4H3/t21-,22-/m0/s1. The van der Waals surface area contributed by atoms with Gasteiger partial charge in [0.05, 0.1) is 26.2 Å². The number of thioether (sulfide) groups is 1. The molecule has 164 valence electrons. The maximum Gasteiger partial charge on any atom is 0.254 e. The van der Waals surface area contributed by atoms with Crippen molar-refractivity contribution in [1.82, 2.24) is 9.80 Å². The second kappa shape index (κ2) is 8.83. The van der Waals surface area contributed by atoms with Crippen LogP contribution >= 0.6 is 11.8 Å². The molecule has 31 heavy (non-hydrogen) atoms. The van der Waals surface area contributed by atoms with Crippen LogP contribution in [-0.2, 0) is 4.79 Å². The summed E-state index contributed by atoms with van der Waals surface area (Å²) in [7, 11) is 4.89. The van der Waals surface area contributed by atoms with Crippen LogP contribution < -0.4 is 9.47 Å². The lowest BCUT2D eigenvalue weighted by atomic mass is 9.79. The molecule has 2 atom stereocenters. The second-order valence-corrected chi connectivity index (χ2v) is 8.82. The molecule has 0 radical (unpaired) electrons. The second-order valence-electron chi connectivity index (χ2n) is 7.94. The molecule has 6 nitrogen and oxygen atoms in total. The van der Waals surface area contributed by atoms with E-state index < -0.39 is 5.92 Å². The summed E-state index contributed by atoms with van der Waals surface area (Å²) in [6.45, 7) is 1.52. The lowest BCUT2D eigenvalue weighted by Crippen LogP contribution is -2.46. The molecule has 0 saturated carbocycles. The van der Waals surface area contributed by atoms with E-state index in [-0.39, 0.29) is 17.9 Å². The normalized spacial score (nSPS) is 20.6. The van der Waals surface area contributed by atoms with Crippen molar-refractivity contribution in [2.24, 2.45) is 0 Å². The monoisotopic (exact) mass is 440 g/mol. The lowest BCUT2D eigenvalue weighted by Gasteiger charge is -2.41. The number of likely N-dealkylation sites (tertiary alicyclic amines) is 1. The lowest BCUT2D eigenvalue weighted by molar-refractivity contribution is -0.133. The van der Waals surface area contributed by atoms with Crippen molar-refractivity contribution in [3.63, 3.8) is 0 Å². The summed E-state index contributed by atoms with van der Waals surface area (Å²) in [6.07, 6.45) is 4.05. The Morgan fingerprint density at radius 2 is 1.65 bits per heavy atom. The fourth-order valence-corrected chi connectivity index (χ4v) is 5.07. The molecule has 2 aromatic carbocycles. The van der Waals surface area contributed by atoms with Crippen LogP contribution in [0.4, 0.5) is 0 Å². The molecule has 4 rings (SSSR count). The molecular weight excluding hydrogens is 412 g/mol. The van der Waals surface area contributed by atoms with E-state index >= 15 is 0 Å². The van der Waals surface area contributed by atoms with Crippen LogP contribution in [0.25, 0.3) is 0 Å². The molecule has 2 amide bonds. The maximum atomic E-state index is 13.8. The summed E-state index contributed by atoms with van der Waals surface area (Å²) in [5, 5.41) is 0. The molecule has 2 aliphatic heterocycles. The SMILES string of the molecule is COc1cc2c(cc1OC)[C@H](C(=O)N1CCCC1)[C@H](c1ccc(SC)cc1)N(C)C2=O. The first-order chi connectivity index (χ1) is 15.0. The van der Waals surface area contributed by atoms with Gasteiger partial charge in [-0.25, -0.2) is 0 Å². The molecule has 0 aliphatic carbocycles. The number of fused-ring (bicyclic) bond motifs is 1. The molecule has 2 aliphatic rings. The zero-order valence-electron chi connectivity index (χ0n) is 18.4. The number of methoxy groups -OCH3 is 2. The number of hydrogen-bond acceptors (Lipinski definition) is 5. The highest BCUT2D eigenvalue weighted by molar-refractivity contribution is 7.98. The van der Waals surface area contributed by atoms with Gasteiger partial charge in [0.15, 0.2) is 11.5 Å². The van der Waals surface area contributed by atoms with Crippen molar-refractivity contribution < 1.29 is 19.1 Å². The van der Waals surface area contributed by atoms with Gasteiger partial charge in [-0.05, 0) is 54.5 Å². The minimum atomic E-state index is -0.504. The van der Waals surface area contributed by atoms with Crippen molar-refractivity contribution in [2.75, 3.05) is 40.6 Å². The Morgan fingerprint density at radius 3 is 2.23 bits per heavy atom. The zero-order chi connectivity index (χ0) is 22.1. The van der Waals surface area contributed by atoms with Crippen molar-refractivity contribution in [3.05, 3.63) is 53.1 Å². The van der Waals surface area contributed by atoms with Crippen LogP contribution in [0.5, 0.6) is 11.5 Å². The summed E-state index contributed by atoms with van der Waals surface area (Å²) < 4.78 is 10.9. The van der Waals surface area contributed by atoms with Crippen LogP contribution in [0.3, 0.4) is 0 Å². The van der Waals surface area contributed by atoms with Crippen LogP contribution in [-0.4, -0.2) is 62.2 Å². The van der Waals surface area contributed by atoms with E-state index in [1.807, 2.05) is 35.4 Å². The van der Waals surface area contributed by atoms with E-state index in [9.17, 15) is 9.59 Å². The van der Waals surface area contributed by atoms with E-state index in [0.29, 0.717) is 22.6 Å². The van der Waals surface area contributed by atoms with Crippen LogP contribution in [0, 0.1) is 0 Å². The summed E-state index contributed by atoms with van der Waals surface area (Å²) in [5.74, 6) is 0.438. The van der Waals surface area contributed by atoms with Crippen LogP contribution in [0.2, 0.25) is 0 Å². The molecule has 0 unspecified atom stereocenters. The molecular formula is C24H28N2O4S. The van der Waals surface area contributed by atoms with Crippen LogP contribution in [0.15, 0.2) is 41.3 Å². The fourth-order valence-electron chi connectivity index (χ4n) is 4.67. The Balaban J connectivity index is 1.89. The Morgan fingerprint density at radius 1 is 1.03 bits per heavy atom.